The molecular weight excluding hydrogens is 976 g/mol. The van der Waals surface area contributed by atoms with E-state index in [2.05, 4.69) is 0 Å². The Morgan fingerprint density at radius 3 is 0.914 bits per heavy atom. The lowest BCUT2D eigenvalue weighted by Gasteiger charge is -2.49. The highest BCUT2D eigenvalue weighted by Gasteiger charge is 2.59. The first-order chi connectivity index (χ1) is 32.9. The van der Waals surface area contributed by atoms with E-state index in [4.69, 9.17) is 52.1 Å². The van der Waals surface area contributed by atoms with Gasteiger partial charge in [-0.15, -0.1) is 0 Å². The number of aliphatic hydroxyl groups excluding tert-OH is 17. The minimum absolute atomic E-state index is 0.978. The molecule has 6 fully saturated rings. The van der Waals surface area contributed by atoms with Crippen LogP contribution in [0.25, 0.3) is 0 Å². The molecule has 6 saturated heterocycles. The second-order valence-electron chi connectivity index (χ2n) is 16.9. The van der Waals surface area contributed by atoms with E-state index in [0.717, 1.165) is 0 Å². The summed E-state index contributed by atoms with van der Waals surface area (Å²) >= 11 is 0. The molecule has 0 saturated carbocycles. The van der Waals surface area contributed by atoms with Crippen LogP contribution in [0.2, 0.25) is 0 Å². The molecule has 0 amide bonds. The molecule has 6 aliphatic heterocycles. The topological polar surface area (TPSA) is 557 Å². The van der Waals surface area contributed by atoms with Gasteiger partial charge < -0.3 is 154 Å². The monoisotopic (exact) mass is 1030 g/mol. The molecule has 6 aliphatic rings. The predicted octanol–water partition coefficient (Wildman–Crippen LogP) is -13.8. The van der Waals surface area contributed by atoms with E-state index in [0.29, 0.717) is 0 Å². The van der Waals surface area contributed by atoms with E-state index in [1.807, 2.05) is 0 Å². The molecule has 70 heavy (non-hydrogen) atoms. The molecule has 0 radical (unpaired) electrons. The van der Waals surface area contributed by atoms with Gasteiger partial charge in [0.05, 0.1) is 19.8 Å². The van der Waals surface area contributed by atoms with Crippen LogP contribution in [0.5, 0.6) is 0 Å². The zero-order valence-corrected chi connectivity index (χ0v) is 35.6. The van der Waals surface area contributed by atoms with Crippen LogP contribution in [-0.2, 0) is 66.5 Å². The predicted molar refractivity (Wildman–Crippen MR) is 201 cm³/mol. The maximum absolute atomic E-state index is 12.3. The number of carbonyl (C=O) groups is 3. The smallest absolute Gasteiger partial charge is 0.335 e. The fourth-order valence-corrected chi connectivity index (χ4v) is 8.47. The molecule has 30 atom stereocenters. The molecular formula is C36H56O34. The molecule has 6 heterocycles. The molecule has 20 N–H and O–H groups in total. The molecule has 6 rings (SSSR count). The van der Waals surface area contributed by atoms with Crippen LogP contribution in [0.3, 0.4) is 0 Å². The molecule has 0 spiro atoms. The Balaban J connectivity index is 1.15. The van der Waals surface area contributed by atoms with Crippen LogP contribution < -0.4 is 0 Å². The summed E-state index contributed by atoms with van der Waals surface area (Å²) in [5, 5.41) is 209. The number of carboxylic acids is 3. The first-order valence-corrected chi connectivity index (χ1v) is 21.1. The van der Waals surface area contributed by atoms with E-state index >= 15 is 0 Å². The van der Waals surface area contributed by atoms with Crippen LogP contribution in [0, 0.1) is 0 Å². The van der Waals surface area contributed by atoms with E-state index in [1.54, 1.807) is 0 Å². The van der Waals surface area contributed by atoms with Gasteiger partial charge in [-0.2, -0.15) is 0 Å². The van der Waals surface area contributed by atoms with Crippen molar-refractivity contribution >= 4 is 17.9 Å². The summed E-state index contributed by atoms with van der Waals surface area (Å²) in [6, 6.07) is 0. The van der Waals surface area contributed by atoms with Gasteiger partial charge in [0.1, 0.15) is 128 Å². The van der Waals surface area contributed by atoms with Crippen LogP contribution in [0.1, 0.15) is 0 Å². The van der Waals surface area contributed by atoms with Crippen molar-refractivity contribution in [3.63, 3.8) is 0 Å². The van der Waals surface area contributed by atoms with E-state index in [9.17, 15) is 117 Å². The fourth-order valence-electron chi connectivity index (χ4n) is 8.47. The minimum Gasteiger partial charge on any atom is -0.479 e. The number of hydrogen-bond donors (Lipinski definition) is 20. The highest BCUT2D eigenvalue weighted by Crippen LogP contribution is 2.37. The summed E-state index contributed by atoms with van der Waals surface area (Å²) in [5.41, 5.74) is 0. The summed E-state index contributed by atoms with van der Waals surface area (Å²) < 4.78 is 58.7. The molecule has 0 bridgehead atoms. The van der Waals surface area contributed by atoms with E-state index < -0.39 is 222 Å². The van der Waals surface area contributed by atoms with Gasteiger partial charge >= 0.3 is 17.9 Å². The number of carboxylic acid groups (broad SMARTS) is 3. The Bertz CT molecular complexity index is 1740. The number of aliphatic hydroxyl groups is 17. The second-order valence-corrected chi connectivity index (χ2v) is 16.9. The number of aliphatic carboxylic acids is 3. The van der Waals surface area contributed by atoms with Crippen molar-refractivity contribution in [3.05, 3.63) is 0 Å². The normalized spacial score (nSPS) is 51.4. The lowest BCUT2D eigenvalue weighted by atomic mass is 9.95. The maximum Gasteiger partial charge on any atom is 0.335 e. The lowest BCUT2D eigenvalue weighted by Crippen LogP contribution is -2.69. The van der Waals surface area contributed by atoms with Gasteiger partial charge in [-0.1, -0.05) is 0 Å². The zero-order chi connectivity index (χ0) is 52.0. The number of ether oxygens (including phenoxy) is 11. The van der Waals surface area contributed by atoms with Gasteiger partial charge in [-0.25, -0.2) is 14.4 Å². The van der Waals surface area contributed by atoms with Gasteiger partial charge in [0.15, 0.2) is 56.1 Å². The van der Waals surface area contributed by atoms with Crippen LogP contribution in [0.4, 0.5) is 0 Å². The summed E-state index contributed by atoms with van der Waals surface area (Å²) in [4.78, 5) is 35.9. The Labute approximate surface area is 390 Å². The minimum atomic E-state index is -2.43. The molecule has 0 aromatic carbocycles. The highest BCUT2D eigenvalue weighted by atomic mass is 16.8. The lowest BCUT2D eigenvalue weighted by molar-refractivity contribution is -0.393. The largest absolute Gasteiger partial charge is 0.479 e. The van der Waals surface area contributed by atoms with Crippen molar-refractivity contribution in [2.75, 3.05) is 19.8 Å². The Morgan fingerprint density at radius 1 is 0.300 bits per heavy atom. The van der Waals surface area contributed by atoms with Gasteiger partial charge in [0, 0.05) is 0 Å². The average Bonchev–Trinajstić information content (AvgIpc) is 3.31. The quantitative estimate of drug-likeness (QED) is 0.0682. The highest BCUT2D eigenvalue weighted by molar-refractivity contribution is 5.74. The first kappa shape index (κ1) is 56.6. The molecule has 34 nitrogen and oxygen atoms in total. The zero-order valence-electron chi connectivity index (χ0n) is 35.6. The van der Waals surface area contributed by atoms with Gasteiger partial charge in [-0.05, 0) is 0 Å². The first-order valence-electron chi connectivity index (χ1n) is 21.1. The second kappa shape index (κ2) is 23.2. The number of rotatable bonds is 16. The summed E-state index contributed by atoms with van der Waals surface area (Å²) in [6.45, 7) is -3.31. The summed E-state index contributed by atoms with van der Waals surface area (Å²) in [7, 11) is 0. The van der Waals surface area contributed by atoms with Crippen LogP contribution in [0.15, 0.2) is 0 Å². The third-order valence-corrected chi connectivity index (χ3v) is 12.3. The van der Waals surface area contributed by atoms with E-state index in [-0.39, 0.29) is 0 Å². The third-order valence-electron chi connectivity index (χ3n) is 12.3. The SMILES string of the molecule is O=C(O)C1OC(OC2C(CO)OC(OC3C(O)C(OC4C(CO)OC(OC5C(O)C(OC6C(CO)OC(O)C(O)C6O)OC(C(=O)O)C5O)C(O)C4O)OC(C(=O)O)C3O)C(O)C2O)C(O)C(O)C1O. The standard InChI is InChI=1S/C36H56O34/c37-1-4-20(9(42)12(45)31(59)60-4)64-35-18(51)23(16(49)26(69-35)29(55)56)66-33-15(48)11(44)22(6(3-39)62-33)65-36-19(52)24(17(50)27(70-36)30(57)58)67-32-14(47)10(43)21(5(2-38)61-32)63-34-13(46)7(40)8(41)25(68-34)28(53)54/h4-27,31-52,59H,1-3H2,(H,53,54)(H,55,56)(H,57,58). The van der Waals surface area contributed by atoms with Crippen molar-refractivity contribution in [1.82, 2.24) is 0 Å². The maximum atomic E-state index is 12.3. The molecule has 404 valence electrons. The average molecular weight is 1030 g/mol. The van der Waals surface area contributed by atoms with Crippen molar-refractivity contribution in [2.24, 2.45) is 0 Å². The molecule has 0 aromatic rings. The molecule has 30 unspecified atom stereocenters. The van der Waals surface area contributed by atoms with Crippen LogP contribution >= 0.6 is 0 Å². The Hall–Kier alpha value is -2.71. The van der Waals surface area contributed by atoms with Gasteiger partial charge in [0.2, 0.25) is 0 Å². The third kappa shape index (κ3) is 11.2. The Kier molecular flexibility index (Phi) is 18.8. The summed E-state index contributed by atoms with van der Waals surface area (Å²) in [6.07, 6.45) is -65.7. The molecule has 0 aliphatic carbocycles. The van der Waals surface area contributed by atoms with Crippen molar-refractivity contribution in [3.8, 4) is 0 Å². The number of hydrogen-bond acceptors (Lipinski definition) is 31. The van der Waals surface area contributed by atoms with Crippen molar-refractivity contribution in [2.45, 2.75) is 184 Å². The Morgan fingerprint density at radius 2 is 0.571 bits per heavy atom. The molecule has 0 aromatic heterocycles. The van der Waals surface area contributed by atoms with Crippen molar-refractivity contribution in [1.29, 1.82) is 0 Å². The van der Waals surface area contributed by atoms with Gasteiger partial charge in [0.25, 0.3) is 0 Å². The summed E-state index contributed by atoms with van der Waals surface area (Å²) in [5.74, 6) is -5.67. The van der Waals surface area contributed by atoms with Crippen molar-refractivity contribution < 1.29 is 169 Å². The van der Waals surface area contributed by atoms with Gasteiger partial charge in [-0.3, -0.25) is 0 Å². The van der Waals surface area contributed by atoms with E-state index in [1.165, 1.54) is 0 Å². The van der Waals surface area contributed by atoms with Crippen LogP contribution in [-0.4, -0.2) is 324 Å². The fraction of sp³-hybridized carbons (Fsp3) is 0.917. The molecule has 34 heteroatoms.